The number of benzene rings is 1. The van der Waals surface area contributed by atoms with E-state index in [4.69, 9.17) is 9.47 Å². The van der Waals surface area contributed by atoms with E-state index in [1.807, 2.05) is 0 Å². The third-order valence-electron chi connectivity index (χ3n) is 4.52. The molecule has 2 atom stereocenters. The Morgan fingerprint density at radius 3 is 2.65 bits per heavy atom. The van der Waals surface area contributed by atoms with Crippen molar-refractivity contribution in [1.29, 1.82) is 0 Å². The van der Waals surface area contributed by atoms with Crippen molar-refractivity contribution in [2.24, 2.45) is 5.92 Å². The van der Waals surface area contributed by atoms with Crippen LogP contribution in [0.3, 0.4) is 0 Å². The summed E-state index contributed by atoms with van der Waals surface area (Å²) in [4.78, 5) is 23.2. The van der Waals surface area contributed by atoms with Crippen LogP contribution in [-0.4, -0.2) is 38.3 Å². The number of carbonyl (C=O) groups is 2. The van der Waals surface area contributed by atoms with E-state index in [1.54, 1.807) is 18.2 Å². The molecule has 26 heavy (non-hydrogen) atoms. The van der Waals surface area contributed by atoms with E-state index in [0.717, 1.165) is 6.42 Å². The number of anilines is 2. The van der Waals surface area contributed by atoms with Gasteiger partial charge in [-0.1, -0.05) is 19.8 Å². The Morgan fingerprint density at radius 2 is 1.96 bits per heavy atom. The van der Waals surface area contributed by atoms with E-state index >= 15 is 0 Å². The first kappa shape index (κ1) is 20.0. The highest BCUT2D eigenvalue weighted by molar-refractivity contribution is 5.93. The molecule has 2 unspecified atom stereocenters. The van der Waals surface area contributed by atoms with Crippen molar-refractivity contribution in [1.82, 2.24) is 5.32 Å². The summed E-state index contributed by atoms with van der Waals surface area (Å²) < 4.78 is 11.1. The van der Waals surface area contributed by atoms with Crippen molar-refractivity contribution in [2.45, 2.75) is 45.6 Å². The van der Waals surface area contributed by atoms with Crippen LogP contribution in [0, 0.1) is 5.92 Å². The number of rotatable bonds is 7. The van der Waals surface area contributed by atoms with Gasteiger partial charge in [-0.05, 0) is 30.9 Å². The molecule has 2 rings (SSSR count). The van der Waals surface area contributed by atoms with Crippen LogP contribution in [0.15, 0.2) is 18.2 Å². The molecule has 1 aliphatic rings. The minimum atomic E-state index is -0.306. The van der Waals surface area contributed by atoms with Gasteiger partial charge >= 0.3 is 6.03 Å². The van der Waals surface area contributed by atoms with E-state index < -0.39 is 0 Å². The quantitative estimate of drug-likeness (QED) is 0.648. The second-order valence-electron chi connectivity index (χ2n) is 6.65. The molecule has 1 saturated carbocycles. The molecule has 1 aromatic carbocycles. The molecule has 3 N–H and O–H groups in total. The van der Waals surface area contributed by atoms with Crippen LogP contribution < -0.4 is 20.7 Å². The van der Waals surface area contributed by atoms with Crippen LogP contribution in [0.25, 0.3) is 0 Å². The van der Waals surface area contributed by atoms with Gasteiger partial charge in [0.25, 0.3) is 0 Å². The first-order valence-corrected chi connectivity index (χ1v) is 9.11. The van der Waals surface area contributed by atoms with Crippen molar-refractivity contribution < 1.29 is 19.1 Å². The van der Waals surface area contributed by atoms with E-state index in [-0.39, 0.29) is 11.9 Å². The molecule has 0 radical (unpaired) electrons. The lowest BCUT2D eigenvalue weighted by Gasteiger charge is -2.28. The predicted octanol–water partition coefficient (Wildman–Crippen LogP) is 3.37. The number of amides is 3. The maximum atomic E-state index is 12.0. The van der Waals surface area contributed by atoms with Crippen LogP contribution in [0.2, 0.25) is 0 Å². The van der Waals surface area contributed by atoms with E-state index in [2.05, 4.69) is 22.9 Å². The molecule has 0 heterocycles. The fourth-order valence-corrected chi connectivity index (χ4v) is 3.14. The minimum Gasteiger partial charge on any atom is -0.494 e. The molecule has 0 aromatic heterocycles. The van der Waals surface area contributed by atoms with Crippen LogP contribution in [0.4, 0.5) is 16.2 Å². The van der Waals surface area contributed by atoms with E-state index in [1.165, 1.54) is 33.3 Å². The number of urea groups is 1. The summed E-state index contributed by atoms with van der Waals surface area (Å²) in [6, 6.07) is 4.74. The van der Waals surface area contributed by atoms with Crippen molar-refractivity contribution in [3.05, 3.63) is 18.2 Å². The lowest BCUT2D eigenvalue weighted by atomic mass is 9.88. The zero-order valence-electron chi connectivity index (χ0n) is 15.8. The summed E-state index contributed by atoms with van der Waals surface area (Å²) >= 11 is 0. The molecular weight excluding hydrogens is 334 g/mol. The van der Waals surface area contributed by atoms with Gasteiger partial charge in [-0.3, -0.25) is 4.79 Å². The molecular formula is C19H29N3O4. The summed E-state index contributed by atoms with van der Waals surface area (Å²) in [5.74, 6) is 0.883. The molecule has 1 aliphatic carbocycles. The van der Waals surface area contributed by atoms with Gasteiger partial charge in [-0.2, -0.15) is 0 Å². The molecule has 0 aliphatic heterocycles. The average molecular weight is 363 g/mol. The Hall–Kier alpha value is -2.28. The summed E-state index contributed by atoms with van der Waals surface area (Å²) in [6.45, 7) is 4.61. The minimum absolute atomic E-state index is 0.186. The van der Waals surface area contributed by atoms with Gasteiger partial charge in [0.15, 0.2) is 0 Å². The number of hydrogen-bond acceptors (Lipinski definition) is 4. The number of hydrogen-bond donors (Lipinski definition) is 3. The standard InChI is InChI=1S/C19H29N3O4/c1-13-6-4-5-7-17(13)26-11-10-20-19(24)22-15-8-9-16(21-14(2)23)18(12-15)25-3/h8-9,12-13,17H,4-7,10-11H2,1-3H3,(H,21,23)(H2,20,22,24). The van der Waals surface area contributed by atoms with Gasteiger partial charge in [-0.25, -0.2) is 4.79 Å². The third-order valence-corrected chi connectivity index (χ3v) is 4.52. The normalized spacial score (nSPS) is 19.5. The third kappa shape index (κ3) is 6.22. The largest absolute Gasteiger partial charge is 0.494 e. The molecule has 1 aromatic rings. The molecule has 7 nitrogen and oxygen atoms in total. The highest BCUT2D eigenvalue weighted by Gasteiger charge is 2.21. The van der Waals surface area contributed by atoms with Gasteiger partial charge < -0.3 is 25.4 Å². The van der Waals surface area contributed by atoms with Crippen LogP contribution >= 0.6 is 0 Å². The molecule has 7 heteroatoms. The van der Waals surface area contributed by atoms with Crippen LogP contribution in [0.5, 0.6) is 5.75 Å². The van der Waals surface area contributed by atoms with Crippen molar-refractivity contribution in [2.75, 3.05) is 30.9 Å². The molecule has 3 amide bonds. The Labute approximate surface area is 154 Å². The summed E-state index contributed by atoms with van der Waals surface area (Å²) in [5.41, 5.74) is 1.14. The lowest BCUT2D eigenvalue weighted by Crippen LogP contribution is -2.34. The number of ether oxygens (including phenoxy) is 2. The maximum absolute atomic E-state index is 12.0. The Kier molecular flexibility index (Phi) is 7.72. The Balaban J connectivity index is 1.75. The predicted molar refractivity (Wildman–Crippen MR) is 102 cm³/mol. The van der Waals surface area contributed by atoms with Crippen LogP contribution in [-0.2, 0) is 9.53 Å². The second kappa shape index (κ2) is 10.0. The zero-order valence-corrected chi connectivity index (χ0v) is 15.8. The second-order valence-corrected chi connectivity index (χ2v) is 6.65. The SMILES string of the molecule is COc1cc(NC(=O)NCCOC2CCCCC2C)ccc1NC(C)=O. The topological polar surface area (TPSA) is 88.7 Å². The summed E-state index contributed by atoms with van der Waals surface area (Å²) in [5, 5.41) is 8.20. The smallest absolute Gasteiger partial charge is 0.319 e. The Bertz CT molecular complexity index is 621. The molecule has 1 fully saturated rings. The molecule has 0 spiro atoms. The van der Waals surface area contributed by atoms with Crippen molar-refractivity contribution in [3.8, 4) is 5.75 Å². The highest BCUT2D eigenvalue weighted by Crippen LogP contribution is 2.28. The molecule has 0 bridgehead atoms. The van der Waals surface area contributed by atoms with Crippen LogP contribution in [0.1, 0.15) is 39.5 Å². The van der Waals surface area contributed by atoms with E-state index in [9.17, 15) is 9.59 Å². The number of methoxy groups -OCH3 is 1. The van der Waals surface area contributed by atoms with Gasteiger partial charge in [0.2, 0.25) is 5.91 Å². The first-order valence-electron chi connectivity index (χ1n) is 9.11. The number of nitrogens with one attached hydrogen (secondary N) is 3. The molecule has 0 saturated heterocycles. The fourth-order valence-electron chi connectivity index (χ4n) is 3.14. The van der Waals surface area contributed by atoms with Gasteiger partial charge in [-0.15, -0.1) is 0 Å². The Morgan fingerprint density at radius 1 is 1.19 bits per heavy atom. The fraction of sp³-hybridized carbons (Fsp3) is 0.579. The zero-order chi connectivity index (χ0) is 18.9. The average Bonchev–Trinajstić information content (AvgIpc) is 2.61. The first-order chi connectivity index (χ1) is 12.5. The van der Waals surface area contributed by atoms with Gasteiger partial charge in [0.05, 0.1) is 25.5 Å². The lowest BCUT2D eigenvalue weighted by molar-refractivity contribution is -0.114. The number of carbonyl (C=O) groups excluding carboxylic acids is 2. The van der Waals surface area contributed by atoms with E-state index in [0.29, 0.717) is 42.3 Å². The molecule has 144 valence electrons. The van der Waals surface area contributed by atoms with Gasteiger partial charge in [0, 0.05) is 25.2 Å². The summed E-state index contributed by atoms with van der Waals surface area (Å²) in [6.07, 6.45) is 5.13. The monoisotopic (exact) mass is 363 g/mol. The highest BCUT2D eigenvalue weighted by atomic mass is 16.5. The van der Waals surface area contributed by atoms with Crippen molar-refractivity contribution in [3.63, 3.8) is 0 Å². The van der Waals surface area contributed by atoms with Gasteiger partial charge in [0.1, 0.15) is 5.75 Å². The maximum Gasteiger partial charge on any atom is 0.319 e. The van der Waals surface area contributed by atoms with Crippen molar-refractivity contribution >= 4 is 23.3 Å². The summed E-state index contributed by atoms with van der Waals surface area (Å²) in [7, 11) is 1.51.